The fourth-order valence-electron chi connectivity index (χ4n) is 2.20. The van der Waals surface area contributed by atoms with E-state index in [0.29, 0.717) is 25.9 Å². The number of piperidine rings is 1. The molecule has 4 nitrogen and oxygen atoms in total. The number of ether oxygens (including phenoxy) is 1. The van der Waals surface area contributed by atoms with E-state index in [9.17, 15) is 18.0 Å². The fraction of sp³-hybridized carbons (Fsp3) is 0.923. The predicted octanol–water partition coefficient (Wildman–Crippen LogP) is 2.88. The molecule has 1 saturated heterocycles. The van der Waals surface area contributed by atoms with Crippen molar-refractivity contribution in [3.63, 3.8) is 0 Å². The van der Waals surface area contributed by atoms with E-state index >= 15 is 0 Å². The Balaban J connectivity index is 2.43. The molecule has 0 N–H and O–H groups in total. The summed E-state index contributed by atoms with van der Waals surface area (Å²) in [5.41, 5.74) is -0.567. The van der Waals surface area contributed by atoms with Crippen LogP contribution in [0, 0.1) is 0 Å². The summed E-state index contributed by atoms with van der Waals surface area (Å²) < 4.78 is 42.1. The van der Waals surface area contributed by atoms with Crippen molar-refractivity contribution in [3.05, 3.63) is 0 Å². The smallest absolute Gasteiger partial charge is 0.410 e. The summed E-state index contributed by atoms with van der Waals surface area (Å²) in [5, 5.41) is 0. The van der Waals surface area contributed by atoms with Gasteiger partial charge in [-0.1, -0.05) is 0 Å². The average molecular weight is 296 g/mol. The summed E-state index contributed by atoms with van der Waals surface area (Å²) in [4.78, 5) is 14.7. The van der Waals surface area contributed by atoms with Crippen LogP contribution in [0.2, 0.25) is 0 Å². The van der Waals surface area contributed by atoms with Crippen LogP contribution >= 0.6 is 0 Å². The van der Waals surface area contributed by atoms with Crippen LogP contribution in [0.3, 0.4) is 0 Å². The Morgan fingerprint density at radius 1 is 1.25 bits per heavy atom. The van der Waals surface area contributed by atoms with E-state index in [0.717, 1.165) is 0 Å². The number of carbonyl (C=O) groups excluding carboxylic acids is 1. The van der Waals surface area contributed by atoms with Crippen molar-refractivity contribution in [1.29, 1.82) is 0 Å². The van der Waals surface area contributed by atoms with Crippen LogP contribution in [0.25, 0.3) is 0 Å². The van der Waals surface area contributed by atoms with Crippen LogP contribution in [0.4, 0.5) is 18.0 Å². The summed E-state index contributed by atoms with van der Waals surface area (Å²) in [7, 11) is 1.64. The Bertz CT molecular complexity index is 331. The highest BCUT2D eigenvalue weighted by Crippen LogP contribution is 2.22. The molecule has 7 heteroatoms. The normalized spacial score (nSPS) is 18.9. The lowest BCUT2D eigenvalue weighted by atomic mass is 10.0. The zero-order valence-corrected chi connectivity index (χ0v) is 12.5. The van der Waals surface area contributed by atoms with Gasteiger partial charge < -0.3 is 9.64 Å². The summed E-state index contributed by atoms with van der Waals surface area (Å²) in [6, 6.07) is -0.0608. The van der Waals surface area contributed by atoms with Crippen molar-refractivity contribution in [2.24, 2.45) is 0 Å². The molecule has 0 aromatic rings. The van der Waals surface area contributed by atoms with E-state index in [4.69, 9.17) is 4.74 Å². The van der Waals surface area contributed by atoms with E-state index in [1.54, 1.807) is 27.8 Å². The SMILES string of the molecule is CN(C(=O)OC(C)(C)C)C1CCN(CC(F)(F)F)CC1. The van der Waals surface area contributed by atoms with Crippen LogP contribution in [-0.4, -0.2) is 60.4 Å². The molecule has 1 aliphatic heterocycles. The Morgan fingerprint density at radius 2 is 1.75 bits per heavy atom. The third kappa shape index (κ3) is 5.98. The van der Waals surface area contributed by atoms with Crippen molar-refractivity contribution in [2.45, 2.75) is 51.4 Å². The van der Waals surface area contributed by atoms with Gasteiger partial charge in [0.1, 0.15) is 5.60 Å². The zero-order chi connectivity index (χ0) is 15.6. The van der Waals surface area contributed by atoms with E-state index in [1.165, 1.54) is 9.80 Å². The Morgan fingerprint density at radius 3 is 2.15 bits per heavy atom. The van der Waals surface area contributed by atoms with Crippen LogP contribution in [0.15, 0.2) is 0 Å². The molecule has 0 unspecified atom stereocenters. The highest BCUT2D eigenvalue weighted by molar-refractivity contribution is 5.68. The molecule has 0 atom stereocenters. The molecular weight excluding hydrogens is 273 g/mol. The summed E-state index contributed by atoms with van der Waals surface area (Å²) in [6.07, 6.45) is -3.52. The lowest BCUT2D eigenvalue weighted by Crippen LogP contribution is -2.48. The molecule has 0 radical (unpaired) electrons. The third-order valence-corrected chi connectivity index (χ3v) is 3.19. The van der Waals surface area contributed by atoms with Gasteiger partial charge in [0.25, 0.3) is 0 Å². The molecule has 0 aromatic heterocycles. The minimum Gasteiger partial charge on any atom is -0.444 e. The number of hydrogen-bond donors (Lipinski definition) is 0. The van der Waals surface area contributed by atoms with Gasteiger partial charge >= 0.3 is 12.3 Å². The van der Waals surface area contributed by atoms with Gasteiger partial charge in [-0.05, 0) is 33.6 Å². The minimum atomic E-state index is -4.16. The molecule has 1 heterocycles. The van der Waals surface area contributed by atoms with Crippen molar-refractivity contribution in [1.82, 2.24) is 9.80 Å². The van der Waals surface area contributed by atoms with Crippen LogP contribution in [0.1, 0.15) is 33.6 Å². The quantitative estimate of drug-likeness (QED) is 0.785. The molecule has 20 heavy (non-hydrogen) atoms. The summed E-state index contributed by atoms with van der Waals surface area (Å²) in [5.74, 6) is 0. The average Bonchev–Trinajstić information content (AvgIpc) is 2.24. The topological polar surface area (TPSA) is 32.8 Å². The van der Waals surface area contributed by atoms with Crippen molar-refractivity contribution < 1.29 is 22.7 Å². The highest BCUT2D eigenvalue weighted by Gasteiger charge is 2.34. The number of halogens is 3. The Kier molecular flexibility index (Phi) is 5.29. The molecule has 0 spiro atoms. The first-order chi connectivity index (χ1) is 8.98. The Labute approximate surface area is 117 Å². The molecule has 0 saturated carbocycles. The first kappa shape index (κ1) is 17.1. The van der Waals surface area contributed by atoms with Gasteiger partial charge in [0.2, 0.25) is 0 Å². The maximum absolute atomic E-state index is 12.3. The predicted molar refractivity (Wildman–Crippen MR) is 69.5 cm³/mol. The summed E-state index contributed by atoms with van der Waals surface area (Å²) in [6.45, 7) is 5.16. The number of nitrogens with zero attached hydrogens (tertiary/aromatic N) is 2. The standard InChI is InChI=1S/C13H23F3N2O2/c1-12(2,3)20-11(19)17(4)10-5-7-18(8-6-10)9-13(14,15)16/h10H,5-9H2,1-4H3. The van der Waals surface area contributed by atoms with Gasteiger partial charge in [-0.25, -0.2) is 4.79 Å². The van der Waals surface area contributed by atoms with Crippen molar-refractivity contribution in [3.8, 4) is 0 Å². The van der Waals surface area contributed by atoms with Crippen LogP contribution in [0.5, 0.6) is 0 Å². The van der Waals surface area contributed by atoms with E-state index in [-0.39, 0.29) is 6.04 Å². The van der Waals surface area contributed by atoms with Gasteiger partial charge in [0.15, 0.2) is 0 Å². The second-order valence-electron chi connectivity index (χ2n) is 6.21. The lowest BCUT2D eigenvalue weighted by molar-refractivity contribution is -0.148. The number of rotatable bonds is 2. The first-order valence-corrected chi connectivity index (χ1v) is 6.73. The molecule has 1 amide bonds. The molecule has 1 fully saturated rings. The van der Waals surface area contributed by atoms with Gasteiger partial charge in [-0.15, -0.1) is 0 Å². The molecule has 1 aliphatic rings. The second-order valence-corrected chi connectivity index (χ2v) is 6.21. The zero-order valence-electron chi connectivity index (χ0n) is 12.5. The van der Waals surface area contributed by atoms with E-state index in [2.05, 4.69) is 0 Å². The number of carbonyl (C=O) groups is 1. The van der Waals surface area contributed by atoms with Crippen molar-refractivity contribution >= 4 is 6.09 Å². The second kappa shape index (κ2) is 6.20. The molecule has 0 bridgehead atoms. The number of alkyl halides is 3. The maximum Gasteiger partial charge on any atom is 0.410 e. The lowest BCUT2D eigenvalue weighted by Gasteiger charge is -2.37. The minimum absolute atomic E-state index is 0.0608. The maximum atomic E-state index is 12.3. The fourth-order valence-corrected chi connectivity index (χ4v) is 2.20. The molecule has 118 valence electrons. The van der Waals surface area contributed by atoms with Crippen LogP contribution < -0.4 is 0 Å². The Hall–Kier alpha value is -0.980. The van der Waals surface area contributed by atoms with Gasteiger partial charge in [-0.3, -0.25) is 4.90 Å². The van der Waals surface area contributed by atoms with Crippen molar-refractivity contribution in [2.75, 3.05) is 26.7 Å². The van der Waals surface area contributed by atoms with Gasteiger partial charge in [0.05, 0.1) is 6.54 Å². The van der Waals surface area contributed by atoms with E-state index in [1.807, 2.05) is 0 Å². The first-order valence-electron chi connectivity index (χ1n) is 6.73. The highest BCUT2D eigenvalue weighted by atomic mass is 19.4. The van der Waals surface area contributed by atoms with Gasteiger partial charge in [-0.2, -0.15) is 13.2 Å². The number of hydrogen-bond acceptors (Lipinski definition) is 3. The molecular formula is C13H23F3N2O2. The monoisotopic (exact) mass is 296 g/mol. The summed E-state index contributed by atoms with van der Waals surface area (Å²) >= 11 is 0. The van der Waals surface area contributed by atoms with Crippen LogP contribution in [-0.2, 0) is 4.74 Å². The number of amides is 1. The molecule has 0 aliphatic carbocycles. The third-order valence-electron chi connectivity index (χ3n) is 3.19. The van der Waals surface area contributed by atoms with Gasteiger partial charge in [0, 0.05) is 26.2 Å². The molecule has 0 aromatic carbocycles. The largest absolute Gasteiger partial charge is 0.444 e. The van der Waals surface area contributed by atoms with E-state index < -0.39 is 24.4 Å². The molecule has 1 rings (SSSR count). The number of likely N-dealkylation sites (tertiary alicyclic amines) is 1.